The van der Waals surface area contributed by atoms with Gasteiger partial charge in [-0.1, -0.05) is 36.6 Å². The summed E-state index contributed by atoms with van der Waals surface area (Å²) in [6, 6.07) is 0.0806. The van der Waals surface area contributed by atoms with Crippen molar-refractivity contribution in [2.24, 2.45) is 15.5 Å². The Hall–Kier alpha value is -2.77. The second-order valence-corrected chi connectivity index (χ2v) is 8.17. The van der Waals surface area contributed by atoms with Gasteiger partial charge in [0.15, 0.2) is 5.84 Å². The van der Waals surface area contributed by atoms with Crippen LogP contribution < -0.4 is 15.4 Å². The number of carbonyl (C=O) groups excluding carboxylic acids is 1. The van der Waals surface area contributed by atoms with Gasteiger partial charge < -0.3 is 10.4 Å². The lowest BCUT2D eigenvalue weighted by Gasteiger charge is -2.20. The number of rotatable bonds is 3. The second-order valence-electron chi connectivity index (χ2n) is 8.17. The summed E-state index contributed by atoms with van der Waals surface area (Å²) in [5.41, 5.74) is -1.07. The Balaban J connectivity index is 1.92. The van der Waals surface area contributed by atoms with Crippen molar-refractivity contribution >= 4 is 18.0 Å². The van der Waals surface area contributed by atoms with Gasteiger partial charge in [-0.3, -0.25) is 4.79 Å². The fraction of sp³-hybridized carbons (Fsp3) is 0.500. The maximum Gasteiger partial charge on any atom is 0.379 e. The van der Waals surface area contributed by atoms with Crippen molar-refractivity contribution in [2.45, 2.75) is 52.1 Å². The average Bonchev–Trinajstić information content (AvgIpc) is 3.27. The smallest absolute Gasteiger partial charge is 0.379 e. The van der Waals surface area contributed by atoms with Crippen LogP contribution in [0.4, 0.5) is 0 Å². The zero-order chi connectivity index (χ0) is 18.6. The monoisotopic (exact) mass is 356 g/mol. The van der Waals surface area contributed by atoms with Gasteiger partial charge >= 0.3 is 17.3 Å². The van der Waals surface area contributed by atoms with Crippen molar-refractivity contribution < 1.29 is 14.5 Å². The molecule has 1 aliphatic carbocycles. The molecular formula is C18H22N5O3+. The van der Waals surface area contributed by atoms with Crippen LogP contribution in [-0.2, 0) is 6.54 Å². The number of aliphatic imine (C=N–C) groups is 1. The standard InChI is InChI=1S/C18H21N5O3/c1-18(2,3)9-22-15-11-5-4-8-19-13(11)21-23(15)17(26)12(16(22)25)14(24)20-10-6-7-10/h4-5,8,10-11H,6-7,9H2,1-3H3,(H-,20,24,25,26)/p+1. The third-order valence-corrected chi connectivity index (χ3v) is 4.51. The topological polar surface area (TPSA) is 99.9 Å². The van der Waals surface area contributed by atoms with Gasteiger partial charge in [0.25, 0.3) is 5.91 Å². The lowest BCUT2D eigenvalue weighted by Crippen LogP contribution is -2.51. The van der Waals surface area contributed by atoms with Gasteiger partial charge in [0.05, 0.1) is 6.54 Å². The van der Waals surface area contributed by atoms with Crippen molar-refractivity contribution in [3.63, 3.8) is 0 Å². The number of amidine groups is 1. The maximum absolute atomic E-state index is 12.9. The van der Waals surface area contributed by atoms with E-state index < -0.39 is 11.5 Å². The summed E-state index contributed by atoms with van der Waals surface area (Å²) in [6.45, 7) is 6.50. The molecule has 0 radical (unpaired) electrons. The highest BCUT2D eigenvalue weighted by atomic mass is 16.3. The normalized spacial score (nSPS) is 20.6. The molecule has 0 spiro atoms. The molecule has 1 fully saturated rings. The summed E-state index contributed by atoms with van der Waals surface area (Å²) in [7, 11) is 0. The van der Waals surface area contributed by atoms with E-state index in [0.29, 0.717) is 18.2 Å². The van der Waals surface area contributed by atoms with Gasteiger partial charge in [0, 0.05) is 12.3 Å². The number of carbonyl (C=O) groups is 1. The van der Waals surface area contributed by atoms with Crippen molar-refractivity contribution in [2.75, 3.05) is 0 Å². The summed E-state index contributed by atoms with van der Waals surface area (Å²) in [5, 5.41) is 17.9. The molecule has 0 saturated heterocycles. The Labute approximate surface area is 150 Å². The van der Waals surface area contributed by atoms with Gasteiger partial charge in [-0.15, -0.1) is 0 Å². The molecule has 8 nitrogen and oxygen atoms in total. The van der Waals surface area contributed by atoms with Crippen LogP contribution in [0.15, 0.2) is 27.0 Å². The van der Waals surface area contributed by atoms with Crippen LogP contribution in [0.25, 0.3) is 0 Å². The minimum Gasteiger partial charge on any atom is -0.477 e. The van der Waals surface area contributed by atoms with Crippen LogP contribution in [-0.4, -0.2) is 33.8 Å². The molecule has 3 heterocycles. The molecule has 4 rings (SSSR count). The van der Waals surface area contributed by atoms with E-state index in [1.807, 2.05) is 26.8 Å². The first-order valence-corrected chi connectivity index (χ1v) is 8.78. The number of allylic oxidation sites excluding steroid dienone is 1. The van der Waals surface area contributed by atoms with Crippen molar-refractivity contribution in [1.29, 1.82) is 0 Å². The van der Waals surface area contributed by atoms with E-state index in [4.69, 9.17) is 0 Å². The first kappa shape index (κ1) is 16.7. The Morgan fingerprint density at radius 1 is 1.42 bits per heavy atom. The molecule has 2 aliphatic heterocycles. The fourth-order valence-corrected chi connectivity index (χ4v) is 3.21. The molecule has 1 unspecified atom stereocenters. The van der Waals surface area contributed by atoms with E-state index in [0.717, 1.165) is 12.8 Å². The first-order chi connectivity index (χ1) is 12.3. The zero-order valence-corrected chi connectivity index (χ0v) is 15.1. The summed E-state index contributed by atoms with van der Waals surface area (Å²) in [4.78, 5) is 29.7. The highest BCUT2D eigenvalue weighted by Gasteiger charge is 2.44. The molecule has 0 bridgehead atoms. The van der Waals surface area contributed by atoms with Gasteiger partial charge in [0.1, 0.15) is 5.92 Å². The van der Waals surface area contributed by atoms with Crippen LogP contribution in [0.1, 0.15) is 55.7 Å². The van der Waals surface area contributed by atoms with Gasteiger partial charge in [0.2, 0.25) is 5.56 Å². The van der Waals surface area contributed by atoms with Crippen molar-refractivity contribution in [1.82, 2.24) is 9.99 Å². The van der Waals surface area contributed by atoms with E-state index in [1.54, 1.807) is 16.9 Å². The van der Waals surface area contributed by atoms with Crippen LogP contribution in [0.2, 0.25) is 0 Å². The third-order valence-electron chi connectivity index (χ3n) is 4.51. The van der Waals surface area contributed by atoms with E-state index >= 15 is 0 Å². The number of aromatic nitrogens is 2. The molecule has 2 N–H and O–H groups in total. The largest absolute Gasteiger partial charge is 0.477 e. The van der Waals surface area contributed by atoms with Crippen LogP contribution in [0.3, 0.4) is 0 Å². The summed E-state index contributed by atoms with van der Waals surface area (Å²) in [5.74, 6) is -0.183. The number of nitrogens with one attached hydrogen (secondary N) is 1. The number of dihydropyridines is 1. The molecule has 1 saturated carbocycles. The van der Waals surface area contributed by atoms with Crippen molar-refractivity contribution in [3.05, 3.63) is 33.9 Å². The number of fused-ring (bicyclic) bond motifs is 3. The predicted molar refractivity (Wildman–Crippen MR) is 95.7 cm³/mol. The molecule has 136 valence electrons. The Morgan fingerprint density at radius 2 is 2.15 bits per heavy atom. The molecule has 1 aromatic heterocycles. The lowest BCUT2D eigenvalue weighted by molar-refractivity contribution is -0.724. The summed E-state index contributed by atoms with van der Waals surface area (Å²) in [6.07, 6.45) is 7.07. The maximum atomic E-state index is 12.9. The molecular weight excluding hydrogens is 334 g/mol. The summed E-state index contributed by atoms with van der Waals surface area (Å²) >= 11 is 0. The molecule has 26 heavy (non-hydrogen) atoms. The molecule has 8 heteroatoms. The van der Waals surface area contributed by atoms with Gasteiger partial charge in [-0.25, -0.2) is 9.79 Å². The van der Waals surface area contributed by atoms with E-state index in [2.05, 4.69) is 15.4 Å². The van der Waals surface area contributed by atoms with E-state index in [-0.39, 0.29) is 28.8 Å². The Morgan fingerprint density at radius 3 is 2.81 bits per heavy atom. The molecule has 3 aliphatic rings. The van der Waals surface area contributed by atoms with Crippen LogP contribution in [0.5, 0.6) is 5.88 Å². The lowest BCUT2D eigenvalue weighted by atomic mass is 9.95. The van der Waals surface area contributed by atoms with E-state index in [9.17, 15) is 14.7 Å². The van der Waals surface area contributed by atoms with Crippen LogP contribution >= 0.6 is 0 Å². The van der Waals surface area contributed by atoms with Crippen molar-refractivity contribution in [3.8, 4) is 5.88 Å². The zero-order valence-electron chi connectivity index (χ0n) is 15.1. The number of nitrogens with zero attached hydrogens (tertiary/aromatic N) is 4. The number of aromatic hydroxyl groups is 1. The minimum atomic E-state index is -0.619. The highest BCUT2D eigenvalue weighted by molar-refractivity contribution is 6.01. The first-order valence-electron chi connectivity index (χ1n) is 8.78. The second kappa shape index (κ2) is 5.62. The number of hydrogen-bond acceptors (Lipinski definition) is 5. The van der Waals surface area contributed by atoms with Gasteiger partial charge in [-0.2, -0.15) is 4.57 Å². The summed E-state index contributed by atoms with van der Waals surface area (Å²) < 4.78 is 2.83. The molecule has 1 atom stereocenters. The predicted octanol–water partition coefficient (Wildman–Crippen LogP) is 0.679. The minimum absolute atomic E-state index is 0.0806. The average molecular weight is 356 g/mol. The Kier molecular flexibility index (Phi) is 3.61. The van der Waals surface area contributed by atoms with Gasteiger partial charge in [-0.05, 0) is 24.3 Å². The Bertz CT molecular complexity index is 945. The highest BCUT2D eigenvalue weighted by Crippen LogP contribution is 2.28. The van der Waals surface area contributed by atoms with E-state index in [1.165, 1.54) is 4.68 Å². The van der Waals surface area contributed by atoms with Crippen LogP contribution in [0, 0.1) is 5.41 Å². The number of amides is 1. The fourth-order valence-electron chi connectivity index (χ4n) is 3.21. The SMILES string of the molecule is CC(C)(C)C[n+]1c(O)c(C(=O)NC2CC2)c(=O)n2c1C1C=CC=NC1=N2. The number of hydrogen-bond donors (Lipinski definition) is 2. The quantitative estimate of drug-likeness (QED) is 0.779. The molecule has 1 aromatic rings. The molecule has 1 amide bonds. The molecule has 0 aromatic carbocycles. The third kappa shape index (κ3) is 2.75.